The molecule has 0 saturated carbocycles. The lowest BCUT2D eigenvalue weighted by Crippen LogP contribution is -2.38. The average Bonchev–Trinajstić information content (AvgIpc) is 3.26. The number of hydrogen-bond donors (Lipinski definition) is 1. The normalized spacial score (nSPS) is 21.1. The molecule has 1 saturated heterocycles. The molecule has 4 atom stereocenters. The summed E-state index contributed by atoms with van der Waals surface area (Å²) in [6.45, 7) is 9.66. The number of amides is 2. The molecule has 0 bridgehead atoms. The van der Waals surface area contributed by atoms with E-state index in [1.54, 1.807) is 27.1 Å². The Hall–Kier alpha value is -1.89. The highest BCUT2D eigenvalue weighted by molar-refractivity contribution is 5.93. The maximum Gasteiger partial charge on any atom is 0.331 e. The fourth-order valence-corrected chi connectivity index (χ4v) is 3.28. The molecule has 0 spiro atoms. The molecule has 2 amide bonds. The van der Waals surface area contributed by atoms with E-state index in [1.165, 1.54) is 9.80 Å². The lowest BCUT2D eigenvalue weighted by molar-refractivity contribution is -0.145. The number of hydrogen-bond acceptors (Lipinski definition) is 5. The number of carbonyl (C=O) groups excluding carboxylic acids is 3. The van der Waals surface area contributed by atoms with Crippen molar-refractivity contribution in [3.05, 3.63) is 12.7 Å². The van der Waals surface area contributed by atoms with Gasteiger partial charge in [0.2, 0.25) is 11.8 Å². The van der Waals surface area contributed by atoms with Gasteiger partial charge < -0.3 is 20.3 Å². The van der Waals surface area contributed by atoms with Crippen LogP contribution in [0.5, 0.6) is 0 Å². The van der Waals surface area contributed by atoms with E-state index < -0.39 is 18.1 Å². The van der Waals surface area contributed by atoms with Crippen molar-refractivity contribution in [1.82, 2.24) is 9.80 Å². The zero-order valence-electron chi connectivity index (χ0n) is 16.6. The Kier molecular flexibility index (Phi) is 8.27. The van der Waals surface area contributed by atoms with Gasteiger partial charge in [-0.2, -0.15) is 0 Å². The SMILES string of the molecule is C=CCC(C[C@H]1C(C(=O)OCC)N1C(=O)[C@@H](N)CC(C)C)C(=O)N(C)C. The molecule has 1 heterocycles. The van der Waals surface area contributed by atoms with Gasteiger partial charge in [0.15, 0.2) is 6.04 Å². The summed E-state index contributed by atoms with van der Waals surface area (Å²) in [5.41, 5.74) is 6.02. The van der Waals surface area contributed by atoms with Crippen LogP contribution in [0.2, 0.25) is 0 Å². The van der Waals surface area contributed by atoms with E-state index in [2.05, 4.69) is 6.58 Å². The zero-order chi connectivity index (χ0) is 20.0. The average molecular weight is 367 g/mol. The number of carbonyl (C=O) groups is 3. The minimum atomic E-state index is -0.653. The first-order chi connectivity index (χ1) is 12.1. The van der Waals surface area contributed by atoms with Gasteiger partial charge in [0, 0.05) is 20.0 Å². The molecule has 0 aromatic rings. The van der Waals surface area contributed by atoms with Crippen LogP contribution in [0.15, 0.2) is 12.7 Å². The van der Waals surface area contributed by atoms with E-state index in [9.17, 15) is 14.4 Å². The summed E-state index contributed by atoms with van der Waals surface area (Å²) in [5.74, 6) is -0.785. The van der Waals surface area contributed by atoms with Crippen LogP contribution in [0, 0.1) is 11.8 Å². The van der Waals surface area contributed by atoms with Crippen LogP contribution in [0.3, 0.4) is 0 Å². The van der Waals surface area contributed by atoms with Crippen molar-refractivity contribution < 1.29 is 19.1 Å². The van der Waals surface area contributed by atoms with E-state index in [0.29, 0.717) is 19.3 Å². The lowest BCUT2D eigenvalue weighted by atomic mass is 9.96. The van der Waals surface area contributed by atoms with Crippen molar-refractivity contribution in [3.8, 4) is 0 Å². The van der Waals surface area contributed by atoms with Crippen molar-refractivity contribution in [1.29, 1.82) is 0 Å². The molecule has 1 aliphatic rings. The van der Waals surface area contributed by atoms with Crippen molar-refractivity contribution in [3.63, 3.8) is 0 Å². The Morgan fingerprint density at radius 2 is 1.92 bits per heavy atom. The standard InChI is InChI=1S/C19H33N3O4/c1-7-9-13(17(23)21(5)6)11-15-16(19(25)26-8-2)22(15)18(24)14(20)10-12(3)4/h7,12-16H,1,8-11,20H2,2-6H3/t13?,14-,15-,16?,22?/m0/s1. The second-order valence-corrected chi connectivity index (χ2v) is 7.44. The second kappa shape index (κ2) is 9.71. The molecule has 26 heavy (non-hydrogen) atoms. The largest absolute Gasteiger partial charge is 0.464 e. The fourth-order valence-electron chi connectivity index (χ4n) is 3.28. The Morgan fingerprint density at radius 1 is 1.31 bits per heavy atom. The number of nitrogens with zero attached hydrogens (tertiary/aromatic N) is 2. The molecular weight excluding hydrogens is 334 g/mol. The van der Waals surface area contributed by atoms with Crippen molar-refractivity contribution in [2.75, 3.05) is 20.7 Å². The number of allylic oxidation sites excluding steroid dienone is 1. The number of esters is 1. The van der Waals surface area contributed by atoms with Gasteiger partial charge in [-0.05, 0) is 32.1 Å². The summed E-state index contributed by atoms with van der Waals surface area (Å²) in [6, 6.07) is -1.66. The molecule has 1 aliphatic heterocycles. The molecule has 7 nitrogen and oxygen atoms in total. The Balaban J connectivity index is 2.93. The van der Waals surface area contributed by atoms with Crippen molar-refractivity contribution in [2.45, 2.75) is 58.2 Å². The van der Waals surface area contributed by atoms with E-state index in [4.69, 9.17) is 10.5 Å². The third-order valence-corrected chi connectivity index (χ3v) is 4.52. The molecule has 148 valence electrons. The zero-order valence-corrected chi connectivity index (χ0v) is 16.6. The van der Waals surface area contributed by atoms with Crippen molar-refractivity contribution >= 4 is 17.8 Å². The minimum absolute atomic E-state index is 0.0433. The topological polar surface area (TPSA) is 92.7 Å². The fraction of sp³-hybridized carbons (Fsp3) is 0.737. The van der Waals surface area contributed by atoms with E-state index in [-0.39, 0.29) is 36.3 Å². The second-order valence-electron chi connectivity index (χ2n) is 7.44. The van der Waals surface area contributed by atoms with Gasteiger partial charge in [0.1, 0.15) is 0 Å². The Labute approximate surface area is 156 Å². The molecule has 0 aromatic heterocycles. The molecule has 0 aromatic carbocycles. The van der Waals surface area contributed by atoms with Crippen molar-refractivity contribution in [2.24, 2.45) is 17.6 Å². The van der Waals surface area contributed by atoms with Crippen LogP contribution < -0.4 is 5.73 Å². The molecule has 1 fully saturated rings. The monoisotopic (exact) mass is 367 g/mol. The van der Waals surface area contributed by atoms with Gasteiger partial charge in [0.25, 0.3) is 0 Å². The maximum atomic E-state index is 12.7. The molecule has 1 rings (SSSR count). The minimum Gasteiger partial charge on any atom is -0.464 e. The Bertz CT molecular complexity index is 533. The third kappa shape index (κ3) is 5.56. The summed E-state index contributed by atoms with van der Waals surface area (Å²) in [5, 5.41) is 0. The summed E-state index contributed by atoms with van der Waals surface area (Å²) < 4.78 is 5.10. The van der Waals surface area contributed by atoms with E-state index in [1.807, 2.05) is 13.8 Å². The van der Waals surface area contributed by atoms with Crippen LogP contribution in [0.4, 0.5) is 0 Å². The predicted molar refractivity (Wildman–Crippen MR) is 100 cm³/mol. The molecular formula is C19H33N3O4. The first-order valence-corrected chi connectivity index (χ1v) is 9.22. The molecule has 7 heteroatoms. The number of rotatable bonds is 10. The molecule has 0 aliphatic carbocycles. The highest BCUT2D eigenvalue weighted by Crippen LogP contribution is 2.37. The first kappa shape index (κ1) is 22.2. The number of nitrogens with two attached hydrogens (primary N) is 1. The highest BCUT2D eigenvalue weighted by Gasteiger charge is 2.57. The third-order valence-electron chi connectivity index (χ3n) is 4.52. The smallest absolute Gasteiger partial charge is 0.331 e. The summed E-state index contributed by atoms with van der Waals surface area (Å²) in [6.07, 6.45) is 3.12. The first-order valence-electron chi connectivity index (χ1n) is 9.22. The quantitative estimate of drug-likeness (QED) is 0.355. The highest BCUT2D eigenvalue weighted by atomic mass is 16.5. The predicted octanol–water partition coefficient (Wildman–Crippen LogP) is 1.17. The van der Waals surface area contributed by atoms with Gasteiger partial charge in [-0.1, -0.05) is 19.9 Å². The van der Waals surface area contributed by atoms with E-state index >= 15 is 0 Å². The van der Waals surface area contributed by atoms with Gasteiger partial charge in [-0.3, -0.25) is 9.59 Å². The van der Waals surface area contributed by atoms with Crippen LogP contribution in [0.25, 0.3) is 0 Å². The molecule has 2 N–H and O–H groups in total. The summed E-state index contributed by atoms with van der Waals surface area (Å²) in [7, 11) is 3.38. The van der Waals surface area contributed by atoms with Gasteiger partial charge in [0.05, 0.1) is 18.7 Å². The van der Waals surface area contributed by atoms with Crippen LogP contribution in [0.1, 0.15) is 40.0 Å². The summed E-state index contributed by atoms with van der Waals surface area (Å²) >= 11 is 0. The van der Waals surface area contributed by atoms with E-state index in [0.717, 1.165) is 0 Å². The van der Waals surface area contributed by atoms with Gasteiger partial charge in [-0.25, -0.2) is 4.79 Å². The van der Waals surface area contributed by atoms with Crippen LogP contribution >= 0.6 is 0 Å². The van der Waals surface area contributed by atoms with Gasteiger partial charge in [-0.15, -0.1) is 6.58 Å². The summed E-state index contributed by atoms with van der Waals surface area (Å²) in [4.78, 5) is 40.3. The molecule has 0 radical (unpaired) electrons. The van der Waals surface area contributed by atoms with Crippen LogP contribution in [-0.2, 0) is 19.1 Å². The van der Waals surface area contributed by atoms with Crippen LogP contribution in [-0.4, -0.2) is 66.4 Å². The Morgan fingerprint density at radius 3 is 2.38 bits per heavy atom. The molecule has 2 unspecified atom stereocenters. The lowest BCUT2D eigenvalue weighted by Gasteiger charge is -2.19. The van der Waals surface area contributed by atoms with Gasteiger partial charge >= 0.3 is 5.97 Å². The maximum absolute atomic E-state index is 12.7. The number of ether oxygens (including phenoxy) is 1.